The molecule has 0 aliphatic rings. The molecule has 0 aliphatic heterocycles. The highest BCUT2D eigenvalue weighted by atomic mass is 32.2. The molecule has 1 rings (SSSR count). The van der Waals surface area contributed by atoms with Gasteiger partial charge in [0.05, 0.1) is 7.11 Å². The fourth-order valence-corrected chi connectivity index (χ4v) is 2.77. The molecule has 0 saturated heterocycles. The Labute approximate surface area is 115 Å². The number of hydrogen-bond donors (Lipinski definition) is 1. The van der Waals surface area contributed by atoms with E-state index >= 15 is 0 Å². The van der Waals surface area contributed by atoms with Crippen LogP contribution in [0.25, 0.3) is 0 Å². The largest absolute Gasteiger partial charge is 0.496 e. The SMILES string of the molecule is COc1cccc(N(C)C(C)CSC)c1[C@H](C)N. The number of nitrogens with zero attached hydrogens (tertiary/aromatic N) is 1. The highest BCUT2D eigenvalue weighted by Gasteiger charge is 2.18. The van der Waals surface area contributed by atoms with Crippen LogP contribution in [0.2, 0.25) is 0 Å². The van der Waals surface area contributed by atoms with Crippen LogP contribution >= 0.6 is 11.8 Å². The van der Waals surface area contributed by atoms with Gasteiger partial charge in [-0.2, -0.15) is 11.8 Å². The molecule has 0 spiro atoms. The molecule has 0 aliphatic carbocycles. The highest BCUT2D eigenvalue weighted by Crippen LogP contribution is 2.34. The van der Waals surface area contributed by atoms with Crippen molar-refractivity contribution in [3.63, 3.8) is 0 Å². The Kier molecular flexibility index (Phi) is 5.82. The van der Waals surface area contributed by atoms with E-state index in [-0.39, 0.29) is 6.04 Å². The van der Waals surface area contributed by atoms with Crippen LogP contribution in [0.3, 0.4) is 0 Å². The van der Waals surface area contributed by atoms with Gasteiger partial charge in [-0.05, 0) is 32.2 Å². The van der Waals surface area contributed by atoms with E-state index in [1.54, 1.807) is 7.11 Å². The van der Waals surface area contributed by atoms with Crippen molar-refractivity contribution in [3.8, 4) is 5.75 Å². The van der Waals surface area contributed by atoms with Gasteiger partial charge in [0.1, 0.15) is 5.75 Å². The second-order valence-electron chi connectivity index (χ2n) is 4.60. The maximum atomic E-state index is 6.09. The van der Waals surface area contributed by atoms with Crippen molar-refractivity contribution in [2.45, 2.75) is 25.9 Å². The highest BCUT2D eigenvalue weighted by molar-refractivity contribution is 7.98. The molecule has 3 nitrogen and oxygen atoms in total. The third-order valence-electron chi connectivity index (χ3n) is 3.17. The smallest absolute Gasteiger partial charge is 0.125 e. The molecule has 2 atom stereocenters. The molecule has 1 aromatic carbocycles. The lowest BCUT2D eigenvalue weighted by Crippen LogP contribution is -2.32. The van der Waals surface area contributed by atoms with E-state index in [4.69, 9.17) is 10.5 Å². The molecule has 0 aromatic heterocycles. The molecule has 18 heavy (non-hydrogen) atoms. The van der Waals surface area contributed by atoms with Gasteiger partial charge >= 0.3 is 0 Å². The van der Waals surface area contributed by atoms with E-state index in [1.165, 1.54) is 0 Å². The van der Waals surface area contributed by atoms with Gasteiger partial charge in [0.25, 0.3) is 0 Å². The van der Waals surface area contributed by atoms with Gasteiger partial charge in [-0.1, -0.05) is 6.07 Å². The van der Waals surface area contributed by atoms with Crippen LogP contribution in [0.4, 0.5) is 5.69 Å². The number of rotatable bonds is 6. The first kappa shape index (κ1) is 15.2. The zero-order valence-corrected chi connectivity index (χ0v) is 12.8. The van der Waals surface area contributed by atoms with Gasteiger partial charge < -0.3 is 15.4 Å². The van der Waals surface area contributed by atoms with E-state index in [0.29, 0.717) is 6.04 Å². The molecule has 1 aromatic rings. The second-order valence-corrected chi connectivity index (χ2v) is 5.51. The Hall–Kier alpha value is -0.870. The van der Waals surface area contributed by atoms with Crippen molar-refractivity contribution in [3.05, 3.63) is 23.8 Å². The Morgan fingerprint density at radius 1 is 1.39 bits per heavy atom. The predicted octanol–water partition coefficient (Wildman–Crippen LogP) is 2.90. The summed E-state index contributed by atoms with van der Waals surface area (Å²) in [4.78, 5) is 2.28. The maximum absolute atomic E-state index is 6.09. The van der Waals surface area contributed by atoms with Crippen LogP contribution in [-0.4, -0.2) is 32.2 Å². The predicted molar refractivity (Wildman–Crippen MR) is 81.8 cm³/mol. The molecule has 0 amide bonds. The molecule has 2 N–H and O–H groups in total. The minimum absolute atomic E-state index is 0.0416. The maximum Gasteiger partial charge on any atom is 0.125 e. The van der Waals surface area contributed by atoms with Gasteiger partial charge in [0, 0.05) is 36.1 Å². The molecule has 0 radical (unpaired) electrons. The van der Waals surface area contributed by atoms with Gasteiger partial charge in [-0.3, -0.25) is 0 Å². The van der Waals surface area contributed by atoms with Gasteiger partial charge in [-0.25, -0.2) is 0 Å². The van der Waals surface area contributed by atoms with Crippen LogP contribution < -0.4 is 15.4 Å². The lowest BCUT2D eigenvalue weighted by atomic mass is 10.0. The van der Waals surface area contributed by atoms with E-state index in [2.05, 4.69) is 31.2 Å². The first-order valence-corrected chi connectivity index (χ1v) is 7.56. The summed E-state index contributed by atoms with van der Waals surface area (Å²) >= 11 is 1.85. The molecule has 0 saturated carbocycles. The average molecular weight is 268 g/mol. The quantitative estimate of drug-likeness (QED) is 0.861. The van der Waals surface area contributed by atoms with Crippen LogP contribution in [0.15, 0.2) is 18.2 Å². The normalized spacial score (nSPS) is 14.1. The first-order chi connectivity index (χ1) is 8.52. The third kappa shape index (κ3) is 3.33. The van der Waals surface area contributed by atoms with Crippen molar-refractivity contribution < 1.29 is 4.74 Å². The van der Waals surface area contributed by atoms with Crippen LogP contribution in [0.1, 0.15) is 25.5 Å². The molecule has 4 heteroatoms. The second kappa shape index (κ2) is 6.90. The number of hydrogen-bond acceptors (Lipinski definition) is 4. The summed E-state index contributed by atoms with van der Waals surface area (Å²) < 4.78 is 5.43. The van der Waals surface area contributed by atoms with Gasteiger partial charge in [0.2, 0.25) is 0 Å². The zero-order chi connectivity index (χ0) is 13.7. The molecule has 1 unspecified atom stereocenters. The Morgan fingerprint density at radius 2 is 2.06 bits per heavy atom. The fourth-order valence-electron chi connectivity index (χ4n) is 2.07. The summed E-state index contributed by atoms with van der Waals surface area (Å²) in [5.74, 6) is 1.96. The summed E-state index contributed by atoms with van der Waals surface area (Å²) in [6, 6.07) is 6.51. The van der Waals surface area contributed by atoms with E-state index in [1.807, 2.05) is 30.8 Å². The minimum Gasteiger partial charge on any atom is -0.496 e. The number of ether oxygens (including phenoxy) is 1. The van der Waals surface area contributed by atoms with Gasteiger partial charge in [0.15, 0.2) is 0 Å². The number of thioether (sulfide) groups is 1. The fraction of sp³-hybridized carbons (Fsp3) is 0.571. The third-order valence-corrected chi connectivity index (χ3v) is 3.98. The molecule has 0 heterocycles. The van der Waals surface area contributed by atoms with Crippen LogP contribution in [-0.2, 0) is 0 Å². The number of benzene rings is 1. The summed E-state index contributed by atoms with van der Waals surface area (Å²) in [7, 11) is 3.80. The summed E-state index contributed by atoms with van der Waals surface area (Å²) in [6.45, 7) is 4.22. The minimum atomic E-state index is -0.0416. The topological polar surface area (TPSA) is 38.5 Å². The lowest BCUT2D eigenvalue weighted by molar-refractivity contribution is 0.407. The van der Waals surface area contributed by atoms with E-state index < -0.39 is 0 Å². The van der Waals surface area contributed by atoms with Gasteiger partial charge in [-0.15, -0.1) is 0 Å². The summed E-state index contributed by atoms with van der Waals surface area (Å²) in [6.07, 6.45) is 2.13. The lowest BCUT2D eigenvalue weighted by Gasteiger charge is -2.30. The van der Waals surface area contributed by atoms with Crippen molar-refractivity contribution in [2.24, 2.45) is 5.73 Å². The molecule has 0 fully saturated rings. The van der Waals surface area contributed by atoms with Crippen LogP contribution in [0.5, 0.6) is 5.75 Å². The zero-order valence-electron chi connectivity index (χ0n) is 11.9. The van der Waals surface area contributed by atoms with Crippen molar-refractivity contribution in [1.82, 2.24) is 0 Å². The standard InChI is InChI=1S/C14H24N2OS/c1-10(9-18-5)16(3)12-7-6-8-13(17-4)14(12)11(2)15/h6-8,10-11H,9,15H2,1-5H3/t10?,11-/m0/s1. The Morgan fingerprint density at radius 3 is 2.56 bits per heavy atom. The number of anilines is 1. The van der Waals surface area contributed by atoms with Crippen molar-refractivity contribution in [2.75, 3.05) is 31.1 Å². The number of nitrogens with two attached hydrogens (primary N) is 1. The van der Waals surface area contributed by atoms with E-state index in [9.17, 15) is 0 Å². The van der Waals surface area contributed by atoms with E-state index in [0.717, 1.165) is 22.8 Å². The molecule has 102 valence electrons. The Balaban J connectivity index is 3.14. The number of methoxy groups -OCH3 is 1. The summed E-state index contributed by atoms with van der Waals surface area (Å²) in [5, 5.41) is 0. The summed E-state index contributed by atoms with van der Waals surface area (Å²) in [5.41, 5.74) is 8.33. The molecular formula is C14H24N2OS. The molecular weight excluding hydrogens is 244 g/mol. The first-order valence-electron chi connectivity index (χ1n) is 6.17. The average Bonchev–Trinajstić information content (AvgIpc) is 2.36. The van der Waals surface area contributed by atoms with Crippen molar-refractivity contribution in [1.29, 1.82) is 0 Å². The van der Waals surface area contributed by atoms with Crippen LogP contribution in [0, 0.1) is 0 Å². The molecule has 0 bridgehead atoms. The monoisotopic (exact) mass is 268 g/mol. The van der Waals surface area contributed by atoms with Crippen molar-refractivity contribution >= 4 is 17.4 Å². The Bertz CT molecular complexity index is 382.